The highest BCUT2D eigenvalue weighted by Crippen LogP contribution is 2.30. The molecule has 0 fully saturated rings. The fourth-order valence-corrected chi connectivity index (χ4v) is 2.31. The third-order valence-corrected chi connectivity index (χ3v) is 3.45. The molecule has 0 aliphatic heterocycles. The van der Waals surface area contributed by atoms with E-state index in [-0.39, 0.29) is 0 Å². The van der Waals surface area contributed by atoms with Gasteiger partial charge in [-0.1, -0.05) is 31.5 Å². The predicted octanol–water partition coefficient (Wildman–Crippen LogP) is 4.68. The summed E-state index contributed by atoms with van der Waals surface area (Å²) < 4.78 is 5.87. The van der Waals surface area contributed by atoms with Gasteiger partial charge in [-0.2, -0.15) is 0 Å². The first-order valence-electron chi connectivity index (χ1n) is 7.09. The molecular weight excluding hydrogens is 284 g/mol. The smallest absolute Gasteiger partial charge is 0.219 e. The van der Waals surface area contributed by atoms with Crippen molar-refractivity contribution in [3.05, 3.63) is 52.2 Å². The van der Waals surface area contributed by atoms with Crippen LogP contribution in [0.25, 0.3) is 0 Å². The Labute approximate surface area is 131 Å². The van der Waals surface area contributed by atoms with E-state index < -0.39 is 0 Å². The van der Waals surface area contributed by atoms with Gasteiger partial charge in [0.2, 0.25) is 5.88 Å². The van der Waals surface area contributed by atoms with Crippen LogP contribution in [0.2, 0.25) is 5.02 Å². The summed E-state index contributed by atoms with van der Waals surface area (Å²) in [6.07, 6.45) is 0. The molecule has 0 amide bonds. The Morgan fingerprint density at radius 3 is 2.62 bits per heavy atom. The monoisotopic (exact) mass is 304 g/mol. The minimum Gasteiger partial charge on any atom is -0.437 e. The zero-order chi connectivity index (χ0) is 15.4. The highest BCUT2D eigenvalue weighted by atomic mass is 35.5. The van der Waals surface area contributed by atoms with Gasteiger partial charge in [0, 0.05) is 18.3 Å². The van der Waals surface area contributed by atoms with Crippen LogP contribution in [0.5, 0.6) is 11.6 Å². The van der Waals surface area contributed by atoms with Crippen LogP contribution in [0.15, 0.2) is 30.3 Å². The van der Waals surface area contributed by atoms with Crippen molar-refractivity contribution in [1.82, 2.24) is 10.3 Å². The van der Waals surface area contributed by atoms with Crippen molar-refractivity contribution in [2.24, 2.45) is 0 Å². The number of hydrogen-bond acceptors (Lipinski definition) is 3. The number of aromatic nitrogens is 1. The van der Waals surface area contributed by atoms with E-state index in [1.54, 1.807) is 0 Å². The Hall–Kier alpha value is -1.58. The van der Waals surface area contributed by atoms with Crippen LogP contribution in [-0.4, -0.2) is 12.0 Å². The standard InChI is InChI=1S/C17H21ClN2O/c1-11(2)15-8-13(10-19-4)9-17(20-15)21-16-6-5-12(3)7-14(16)18/h5-9,11,19H,10H2,1-4H3. The lowest BCUT2D eigenvalue weighted by Crippen LogP contribution is -2.07. The molecule has 0 saturated heterocycles. The second-order valence-corrected chi connectivity index (χ2v) is 5.87. The number of rotatable bonds is 5. The summed E-state index contributed by atoms with van der Waals surface area (Å²) in [6, 6.07) is 9.78. The minimum atomic E-state index is 0.345. The van der Waals surface area contributed by atoms with Crippen molar-refractivity contribution in [3.8, 4) is 11.6 Å². The molecule has 0 bridgehead atoms. The lowest BCUT2D eigenvalue weighted by atomic mass is 10.1. The van der Waals surface area contributed by atoms with E-state index in [9.17, 15) is 0 Å². The molecule has 4 heteroatoms. The van der Waals surface area contributed by atoms with Crippen molar-refractivity contribution in [3.63, 3.8) is 0 Å². The van der Waals surface area contributed by atoms with Gasteiger partial charge < -0.3 is 10.1 Å². The van der Waals surface area contributed by atoms with Crippen LogP contribution in [0, 0.1) is 6.92 Å². The summed E-state index contributed by atoms with van der Waals surface area (Å²) in [6.45, 7) is 7.01. The third-order valence-electron chi connectivity index (χ3n) is 3.16. The lowest BCUT2D eigenvalue weighted by molar-refractivity contribution is 0.458. The molecule has 1 aromatic carbocycles. The molecule has 112 valence electrons. The van der Waals surface area contributed by atoms with Gasteiger partial charge >= 0.3 is 0 Å². The normalized spacial score (nSPS) is 11.0. The van der Waals surface area contributed by atoms with Gasteiger partial charge in [0.15, 0.2) is 0 Å². The Balaban J connectivity index is 2.33. The Bertz CT molecular complexity index is 626. The maximum absolute atomic E-state index is 6.22. The Morgan fingerprint density at radius 2 is 2.00 bits per heavy atom. The first-order chi connectivity index (χ1) is 9.99. The molecule has 0 radical (unpaired) electrons. The molecular formula is C17H21ClN2O. The topological polar surface area (TPSA) is 34.1 Å². The van der Waals surface area contributed by atoms with E-state index >= 15 is 0 Å². The molecule has 3 nitrogen and oxygen atoms in total. The van der Waals surface area contributed by atoms with Gasteiger partial charge in [-0.05, 0) is 49.2 Å². The average Bonchev–Trinajstić information content (AvgIpc) is 2.42. The number of halogens is 1. The SMILES string of the molecule is CNCc1cc(Oc2ccc(C)cc2Cl)nc(C(C)C)c1. The highest BCUT2D eigenvalue weighted by molar-refractivity contribution is 6.32. The number of hydrogen-bond donors (Lipinski definition) is 1. The summed E-state index contributed by atoms with van der Waals surface area (Å²) in [7, 11) is 1.92. The van der Waals surface area contributed by atoms with Crippen molar-refractivity contribution >= 4 is 11.6 Å². The second-order valence-electron chi connectivity index (χ2n) is 5.46. The van der Waals surface area contributed by atoms with Crippen LogP contribution < -0.4 is 10.1 Å². The third kappa shape index (κ3) is 4.19. The molecule has 21 heavy (non-hydrogen) atoms. The first kappa shape index (κ1) is 15.8. The summed E-state index contributed by atoms with van der Waals surface area (Å²) in [5.74, 6) is 1.56. The number of nitrogens with one attached hydrogen (secondary N) is 1. The van der Waals surface area contributed by atoms with Gasteiger partial charge in [-0.3, -0.25) is 0 Å². The van der Waals surface area contributed by atoms with E-state index in [1.165, 1.54) is 0 Å². The molecule has 0 saturated carbocycles. The van der Waals surface area contributed by atoms with Crippen molar-refractivity contribution in [2.75, 3.05) is 7.05 Å². The molecule has 1 N–H and O–H groups in total. The van der Waals surface area contributed by atoms with Crippen LogP contribution in [0.1, 0.15) is 36.6 Å². The highest BCUT2D eigenvalue weighted by Gasteiger charge is 2.09. The van der Waals surface area contributed by atoms with Gasteiger partial charge in [0.05, 0.1) is 5.02 Å². The molecule has 1 heterocycles. The summed E-state index contributed by atoms with van der Waals surface area (Å²) in [5.41, 5.74) is 3.27. The fraction of sp³-hybridized carbons (Fsp3) is 0.353. The van der Waals surface area contributed by atoms with Gasteiger partial charge in [0.25, 0.3) is 0 Å². The summed E-state index contributed by atoms with van der Waals surface area (Å²) >= 11 is 6.22. The van der Waals surface area contributed by atoms with Gasteiger partial charge in [0.1, 0.15) is 5.75 Å². The number of nitrogens with zero attached hydrogens (tertiary/aromatic N) is 1. The number of aryl methyl sites for hydroxylation is 1. The summed E-state index contributed by atoms with van der Waals surface area (Å²) in [4.78, 5) is 4.57. The number of pyridine rings is 1. The van der Waals surface area contributed by atoms with Crippen LogP contribution in [0.4, 0.5) is 0 Å². The summed E-state index contributed by atoms with van der Waals surface area (Å²) in [5, 5.41) is 3.75. The van der Waals surface area contributed by atoms with E-state index in [1.807, 2.05) is 38.2 Å². The molecule has 1 aromatic heterocycles. The zero-order valence-corrected chi connectivity index (χ0v) is 13.7. The minimum absolute atomic E-state index is 0.345. The Morgan fingerprint density at radius 1 is 1.24 bits per heavy atom. The lowest BCUT2D eigenvalue weighted by Gasteiger charge is -2.12. The van der Waals surface area contributed by atoms with Crippen LogP contribution >= 0.6 is 11.6 Å². The second kappa shape index (κ2) is 6.92. The number of ether oxygens (including phenoxy) is 1. The van der Waals surface area contributed by atoms with E-state index in [0.29, 0.717) is 22.6 Å². The maximum Gasteiger partial charge on any atom is 0.219 e. The van der Waals surface area contributed by atoms with E-state index in [0.717, 1.165) is 23.4 Å². The van der Waals surface area contributed by atoms with Crippen molar-refractivity contribution in [1.29, 1.82) is 0 Å². The quantitative estimate of drug-likeness (QED) is 0.871. The van der Waals surface area contributed by atoms with E-state index in [2.05, 4.69) is 30.2 Å². The van der Waals surface area contributed by atoms with Crippen molar-refractivity contribution in [2.45, 2.75) is 33.2 Å². The molecule has 0 aliphatic rings. The number of benzene rings is 1. The molecule has 2 aromatic rings. The predicted molar refractivity (Wildman–Crippen MR) is 87.4 cm³/mol. The van der Waals surface area contributed by atoms with Gasteiger partial charge in [-0.15, -0.1) is 0 Å². The van der Waals surface area contributed by atoms with E-state index in [4.69, 9.17) is 16.3 Å². The molecule has 0 unspecified atom stereocenters. The molecule has 0 spiro atoms. The van der Waals surface area contributed by atoms with Crippen molar-refractivity contribution < 1.29 is 4.74 Å². The largest absolute Gasteiger partial charge is 0.437 e. The molecule has 0 aliphatic carbocycles. The van der Waals surface area contributed by atoms with Gasteiger partial charge in [-0.25, -0.2) is 4.98 Å². The average molecular weight is 305 g/mol. The van der Waals surface area contributed by atoms with Crippen LogP contribution in [-0.2, 0) is 6.54 Å². The maximum atomic E-state index is 6.22. The molecule has 0 atom stereocenters. The molecule has 2 rings (SSSR count). The van der Waals surface area contributed by atoms with Crippen LogP contribution in [0.3, 0.4) is 0 Å². The fourth-order valence-electron chi connectivity index (χ4n) is 2.04. The first-order valence-corrected chi connectivity index (χ1v) is 7.47. The zero-order valence-electron chi connectivity index (χ0n) is 12.9. The Kier molecular flexibility index (Phi) is 5.21.